The fourth-order valence-electron chi connectivity index (χ4n) is 3.05. The summed E-state index contributed by atoms with van der Waals surface area (Å²) in [5.41, 5.74) is 11.7. The van der Waals surface area contributed by atoms with Gasteiger partial charge in [0.25, 0.3) is 0 Å². The lowest BCUT2D eigenvalue weighted by Gasteiger charge is -2.09. The largest absolute Gasteiger partial charge is 0.485 e. The first-order valence-corrected chi connectivity index (χ1v) is 9.15. The summed E-state index contributed by atoms with van der Waals surface area (Å²) in [4.78, 5) is 4.76. The van der Waals surface area contributed by atoms with Gasteiger partial charge in [0.2, 0.25) is 0 Å². The standard InChI is InChI=1S/C23H23N3O/c1-16(2)18-7-5-17(6-8-18)15-27-22-4-3-13-26-14-21(25-23(22)26)19-9-11-20(24)12-10-19/h3-14,16H,15,24H2,1-2H3. The summed E-state index contributed by atoms with van der Waals surface area (Å²) >= 11 is 0. The van der Waals surface area contributed by atoms with E-state index in [1.807, 2.05) is 53.2 Å². The molecule has 0 bridgehead atoms. The monoisotopic (exact) mass is 357 g/mol. The number of hydrogen-bond acceptors (Lipinski definition) is 3. The van der Waals surface area contributed by atoms with Crippen LogP contribution in [0.3, 0.4) is 0 Å². The molecule has 0 saturated heterocycles. The first-order chi connectivity index (χ1) is 13.1. The van der Waals surface area contributed by atoms with Crippen LogP contribution in [0.25, 0.3) is 16.9 Å². The average Bonchev–Trinajstić information content (AvgIpc) is 3.12. The summed E-state index contributed by atoms with van der Waals surface area (Å²) in [6.07, 6.45) is 3.98. The highest BCUT2D eigenvalue weighted by Gasteiger charge is 2.09. The van der Waals surface area contributed by atoms with Crippen molar-refractivity contribution in [1.29, 1.82) is 0 Å². The van der Waals surface area contributed by atoms with Crippen molar-refractivity contribution < 1.29 is 4.74 Å². The lowest BCUT2D eigenvalue weighted by Crippen LogP contribution is -1.98. The highest BCUT2D eigenvalue weighted by atomic mass is 16.5. The SMILES string of the molecule is CC(C)c1ccc(COc2cccn3cc(-c4ccc(N)cc4)nc23)cc1. The van der Waals surface area contributed by atoms with E-state index in [1.165, 1.54) is 5.56 Å². The van der Waals surface area contributed by atoms with E-state index in [1.54, 1.807) is 0 Å². The quantitative estimate of drug-likeness (QED) is 0.494. The Morgan fingerprint density at radius 1 is 1.00 bits per heavy atom. The van der Waals surface area contributed by atoms with Gasteiger partial charge >= 0.3 is 0 Å². The molecular weight excluding hydrogens is 334 g/mol. The van der Waals surface area contributed by atoms with Gasteiger partial charge in [-0.15, -0.1) is 0 Å². The van der Waals surface area contributed by atoms with Crippen molar-refractivity contribution in [1.82, 2.24) is 9.38 Å². The van der Waals surface area contributed by atoms with E-state index in [0.29, 0.717) is 12.5 Å². The van der Waals surface area contributed by atoms with Crippen LogP contribution < -0.4 is 10.5 Å². The minimum absolute atomic E-state index is 0.516. The number of aromatic nitrogens is 2. The molecule has 2 N–H and O–H groups in total. The van der Waals surface area contributed by atoms with E-state index < -0.39 is 0 Å². The molecule has 2 heterocycles. The topological polar surface area (TPSA) is 52.5 Å². The Balaban J connectivity index is 1.57. The molecule has 0 radical (unpaired) electrons. The van der Waals surface area contributed by atoms with Gasteiger partial charge in [-0.05, 0) is 41.3 Å². The molecule has 0 spiro atoms. The van der Waals surface area contributed by atoms with Crippen LogP contribution in [0.15, 0.2) is 73.1 Å². The molecule has 27 heavy (non-hydrogen) atoms. The summed E-state index contributed by atoms with van der Waals surface area (Å²) in [6, 6.07) is 20.2. The highest BCUT2D eigenvalue weighted by molar-refractivity contribution is 5.67. The number of ether oxygens (including phenoxy) is 1. The van der Waals surface area contributed by atoms with Gasteiger partial charge in [0.05, 0.1) is 5.69 Å². The zero-order valence-corrected chi connectivity index (χ0v) is 15.6. The predicted molar refractivity (Wildman–Crippen MR) is 110 cm³/mol. The zero-order valence-electron chi connectivity index (χ0n) is 15.6. The number of benzene rings is 2. The number of fused-ring (bicyclic) bond motifs is 1. The Kier molecular flexibility index (Phi) is 4.55. The third-order valence-corrected chi connectivity index (χ3v) is 4.69. The molecule has 0 amide bonds. The van der Waals surface area contributed by atoms with Gasteiger partial charge < -0.3 is 14.9 Å². The lowest BCUT2D eigenvalue weighted by molar-refractivity contribution is 0.308. The highest BCUT2D eigenvalue weighted by Crippen LogP contribution is 2.26. The molecule has 0 atom stereocenters. The number of pyridine rings is 1. The second-order valence-corrected chi connectivity index (χ2v) is 7.04. The number of nitrogens with zero attached hydrogens (tertiary/aromatic N) is 2. The molecule has 4 aromatic rings. The number of anilines is 1. The van der Waals surface area contributed by atoms with E-state index in [-0.39, 0.29) is 0 Å². The Labute approximate surface area is 159 Å². The lowest BCUT2D eigenvalue weighted by atomic mass is 10.0. The van der Waals surface area contributed by atoms with Gasteiger partial charge in [-0.2, -0.15) is 0 Å². The van der Waals surface area contributed by atoms with E-state index >= 15 is 0 Å². The van der Waals surface area contributed by atoms with Crippen LogP contribution in [-0.2, 0) is 6.61 Å². The number of hydrogen-bond donors (Lipinski definition) is 1. The molecule has 4 heteroatoms. The minimum Gasteiger partial charge on any atom is -0.485 e. The summed E-state index contributed by atoms with van der Waals surface area (Å²) in [5, 5.41) is 0. The van der Waals surface area contributed by atoms with E-state index in [2.05, 4.69) is 38.1 Å². The number of imidazole rings is 1. The smallest absolute Gasteiger partial charge is 0.180 e. The van der Waals surface area contributed by atoms with Gasteiger partial charge in [0, 0.05) is 23.6 Å². The number of rotatable bonds is 5. The van der Waals surface area contributed by atoms with Crippen LogP contribution >= 0.6 is 0 Å². The van der Waals surface area contributed by atoms with Crippen molar-refractivity contribution >= 4 is 11.3 Å². The molecule has 0 unspecified atom stereocenters. The van der Waals surface area contributed by atoms with Crippen LogP contribution in [0.4, 0.5) is 5.69 Å². The van der Waals surface area contributed by atoms with Crippen molar-refractivity contribution in [3.05, 3.63) is 84.2 Å². The third-order valence-electron chi connectivity index (χ3n) is 4.69. The molecule has 0 fully saturated rings. The maximum absolute atomic E-state index is 6.07. The van der Waals surface area contributed by atoms with Gasteiger partial charge in [0.15, 0.2) is 11.4 Å². The molecule has 0 aliphatic heterocycles. The Bertz CT molecular complexity index is 1050. The fourth-order valence-corrected chi connectivity index (χ4v) is 3.05. The molecule has 4 rings (SSSR count). The van der Waals surface area contributed by atoms with Gasteiger partial charge in [-0.3, -0.25) is 0 Å². The second-order valence-electron chi connectivity index (χ2n) is 7.04. The molecule has 0 saturated carbocycles. The summed E-state index contributed by atoms with van der Waals surface area (Å²) in [6.45, 7) is 4.91. The molecule has 2 aromatic heterocycles. The Hall–Kier alpha value is -3.27. The molecule has 4 nitrogen and oxygen atoms in total. The van der Waals surface area contributed by atoms with Crippen LogP contribution in [0.2, 0.25) is 0 Å². The second kappa shape index (κ2) is 7.16. The van der Waals surface area contributed by atoms with Crippen LogP contribution in [-0.4, -0.2) is 9.38 Å². The zero-order chi connectivity index (χ0) is 18.8. The predicted octanol–water partition coefficient (Wildman–Crippen LogP) is 5.29. The minimum atomic E-state index is 0.516. The van der Waals surface area contributed by atoms with E-state index in [9.17, 15) is 0 Å². The van der Waals surface area contributed by atoms with Gasteiger partial charge in [-0.1, -0.05) is 50.2 Å². The van der Waals surface area contributed by atoms with Crippen molar-refractivity contribution in [2.24, 2.45) is 0 Å². The summed E-state index contributed by atoms with van der Waals surface area (Å²) in [5.74, 6) is 1.30. The van der Waals surface area contributed by atoms with Gasteiger partial charge in [0.1, 0.15) is 6.61 Å². The van der Waals surface area contributed by atoms with E-state index in [4.69, 9.17) is 15.5 Å². The molecule has 136 valence electrons. The molecule has 0 aliphatic rings. The van der Waals surface area contributed by atoms with Crippen molar-refractivity contribution in [3.63, 3.8) is 0 Å². The van der Waals surface area contributed by atoms with Crippen molar-refractivity contribution in [2.75, 3.05) is 5.73 Å². The van der Waals surface area contributed by atoms with Crippen molar-refractivity contribution in [3.8, 4) is 17.0 Å². The first kappa shape index (κ1) is 17.2. The van der Waals surface area contributed by atoms with Crippen LogP contribution in [0, 0.1) is 0 Å². The number of nitrogen functional groups attached to an aromatic ring is 1. The van der Waals surface area contributed by atoms with E-state index in [0.717, 1.165) is 33.9 Å². The molecule has 0 aliphatic carbocycles. The maximum Gasteiger partial charge on any atom is 0.180 e. The van der Waals surface area contributed by atoms with Gasteiger partial charge in [-0.25, -0.2) is 4.98 Å². The molecular formula is C23H23N3O. The Morgan fingerprint density at radius 2 is 1.74 bits per heavy atom. The average molecular weight is 357 g/mol. The fraction of sp³-hybridized carbons (Fsp3) is 0.174. The first-order valence-electron chi connectivity index (χ1n) is 9.15. The third kappa shape index (κ3) is 3.65. The maximum atomic E-state index is 6.07. The molecule has 2 aromatic carbocycles. The summed E-state index contributed by atoms with van der Waals surface area (Å²) < 4.78 is 8.06. The number of nitrogens with two attached hydrogens (primary N) is 1. The Morgan fingerprint density at radius 3 is 2.44 bits per heavy atom. The van der Waals surface area contributed by atoms with Crippen molar-refractivity contribution in [2.45, 2.75) is 26.4 Å². The normalized spacial score (nSPS) is 11.2. The van der Waals surface area contributed by atoms with Crippen LogP contribution in [0.1, 0.15) is 30.9 Å². The summed E-state index contributed by atoms with van der Waals surface area (Å²) in [7, 11) is 0. The van der Waals surface area contributed by atoms with Crippen LogP contribution in [0.5, 0.6) is 5.75 Å².